The van der Waals surface area contributed by atoms with Crippen LogP contribution in [-0.4, -0.2) is 43.8 Å². The van der Waals surface area contributed by atoms with E-state index in [2.05, 4.69) is 60.5 Å². The van der Waals surface area contributed by atoms with Gasteiger partial charge in [-0.3, -0.25) is 4.90 Å². The first-order chi connectivity index (χ1) is 16.4. The minimum absolute atomic E-state index is 0.0157. The summed E-state index contributed by atoms with van der Waals surface area (Å²) in [6.45, 7) is 7.60. The summed E-state index contributed by atoms with van der Waals surface area (Å²) in [6, 6.07) is 13.3. The molecule has 0 radical (unpaired) electrons. The van der Waals surface area contributed by atoms with Crippen LogP contribution < -0.4 is 10.1 Å². The van der Waals surface area contributed by atoms with Crippen LogP contribution in [0.15, 0.2) is 36.4 Å². The Bertz CT molecular complexity index is 1080. The molecule has 5 heteroatoms. The molecule has 7 rings (SSSR count). The monoisotopic (exact) mass is 460 g/mol. The molecule has 2 aromatic carbocycles. The summed E-state index contributed by atoms with van der Waals surface area (Å²) in [5.74, 6) is 2.12. The summed E-state index contributed by atoms with van der Waals surface area (Å²) in [5, 5.41) is 3.23. The maximum absolute atomic E-state index is 13.0. The van der Waals surface area contributed by atoms with Gasteiger partial charge in [-0.05, 0) is 96.8 Å². The van der Waals surface area contributed by atoms with Crippen LogP contribution in [0.3, 0.4) is 0 Å². The summed E-state index contributed by atoms with van der Waals surface area (Å²) < 4.78 is 11.8. The minimum Gasteiger partial charge on any atom is -0.496 e. The maximum atomic E-state index is 13.0. The van der Waals surface area contributed by atoms with Crippen molar-refractivity contribution in [3.05, 3.63) is 53.1 Å². The van der Waals surface area contributed by atoms with Gasteiger partial charge in [0.25, 0.3) is 0 Å². The normalized spacial score (nSPS) is 28.9. The number of carbonyl (C=O) groups excluding carboxylic acids is 1. The third kappa shape index (κ3) is 3.98. The van der Waals surface area contributed by atoms with E-state index >= 15 is 0 Å². The van der Waals surface area contributed by atoms with Crippen LogP contribution in [-0.2, 0) is 11.2 Å². The van der Waals surface area contributed by atoms with E-state index in [1.807, 2.05) is 0 Å². The molecule has 0 aromatic heterocycles. The molecule has 1 saturated carbocycles. The van der Waals surface area contributed by atoms with Gasteiger partial charge in [-0.1, -0.05) is 38.1 Å². The zero-order chi connectivity index (χ0) is 23.4. The van der Waals surface area contributed by atoms with E-state index in [-0.39, 0.29) is 23.7 Å². The second-order valence-electron chi connectivity index (χ2n) is 11.5. The second-order valence-corrected chi connectivity index (χ2v) is 11.5. The fourth-order valence-corrected chi connectivity index (χ4v) is 6.43. The topological polar surface area (TPSA) is 50.8 Å². The van der Waals surface area contributed by atoms with E-state index in [9.17, 15) is 4.79 Å². The van der Waals surface area contributed by atoms with Gasteiger partial charge in [-0.25, -0.2) is 4.79 Å². The van der Waals surface area contributed by atoms with Gasteiger partial charge in [0.05, 0.1) is 13.2 Å². The minimum atomic E-state index is -0.289. The number of amides is 1. The molecular formula is C29H36N2O3. The number of hydrogen-bond donors (Lipinski definition) is 1. The SMILES string of the molecule is COc1cc2c(cc1-c1ccc(C3CC3)cc1)CC(C)(C)C2NC(=O)O[C@@H]1CN2CCC1CC2. The largest absolute Gasteiger partial charge is 0.496 e. The van der Waals surface area contributed by atoms with Gasteiger partial charge in [0.1, 0.15) is 11.9 Å². The van der Waals surface area contributed by atoms with Crippen LogP contribution in [0.2, 0.25) is 0 Å². The van der Waals surface area contributed by atoms with Crippen LogP contribution in [0.4, 0.5) is 4.79 Å². The number of rotatable bonds is 5. The molecule has 4 fully saturated rings. The van der Waals surface area contributed by atoms with Gasteiger partial charge in [0.2, 0.25) is 0 Å². The Balaban J connectivity index is 1.23. The lowest BCUT2D eigenvalue weighted by Crippen LogP contribution is -2.53. The van der Waals surface area contributed by atoms with Crippen molar-refractivity contribution in [2.45, 2.75) is 64.0 Å². The number of nitrogens with zero attached hydrogens (tertiary/aromatic N) is 1. The highest BCUT2D eigenvalue weighted by molar-refractivity contribution is 5.74. The molecule has 5 aliphatic rings. The Kier molecular flexibility index (Phi) is 5.36. The maximum Gasteiger partial charge on any atom is 0.407 e. The van der Waals surface area contributed by atoms with E-state index in [0.29, 0.717) is 5.92 Å². The average Bonchev–Trinajstić information content (AvgIpc) is 3.65. The third-order valence-electron chi connectivity index (χ3n) is 8.59. The molecule has 34 heavy (non-hydrogen) atoms. The Labute approximate surface area is 202 Å². The number of hydrogen-bond acceptors (Lipinski definition) is 4. The Hall–Kier alpha value is -2.53. The Morgan fingerprint density at radius 1 is 1.06 bits per heavy atom. The van der Waals surface area contributed by atoms with Gasteiger partial charge in [-0.2, -0.15) is 0 Å². The van der Waals surface area contributed by atoms with E-state index < -0.39 is 0 Å². The van der Waals surface area contributed by atoms with Crippen molar-refractivity contribution in [1.82, 2.24) is 10.2 Å². The van der Waals surface area contributed by atoms with Gasteiger partial charge < -0.3 is 14.8 Å². The average molecular weight is 461 g/mol. The van der Waals surface area contributed by atoms with Gasteiger partial charge in [-0.15, -0.1) is 0 Å². The van der Waals surface area contributed by atoms with Crippen molar-refractivity contribution in [2.24, 2.45) is 11.3 Å². The molecule has 3 saturated heterocycles. The summed E-state index contributed by atoms with van der Waals surface area (Å²) in [6.07, 6.45) is 5.53. The molecular weight excluding hydrogens is 424 g/mol. The lowest BCUT2D eigenvalue weighted by atomic mass is 9.85. The van der Waals surface area contributed by atoms with Crippen molar-refractivity contribution in [1.29, 1.82) is 0 Å². The molecule has 3 aliphatic heterocycles. The number of carbonyl (C=O) groups is 1. The van der Waals surface area contributed by atoms with Crippen molar-refractivity contribution in [3.8, 4) is 16.9 Å². The molecule has 180 valence electrons. The summed E-state index contributed by atoms with van der Waals surface area (Å²) in [5.41, 5.74) is 6.06. The molecule has 0 spiro atoms. The highest BCUT2D eigenvalue weighted by atomic mass is 16.6. The van der Waals surface area contributed by atoms with Crippen LogP contribution in [0.25, 0.3) is 11.1 Å². The molecule has 5 nitrogen and oxygen atoms in total. The van der Waals surface area contributed by atoms with E-state index in [0.717, 1.165) is 61.7 Å². The van der Waals surface area contributed by atoms with Crippen molar-refractivity contribution >= 4 is 6.09 Å². The predicted octanol–water partition coefficient (Wildman–Crippen LogP) is 5.68. The van der Waals surface area contributed by atoms with Gasteiger partial charge in [0.15, 0.2) is 0 Å². The van der Waals surface area contributed by atoms with Crippen LogP contribution in [0.5, 0.6) is 5.75 Å². The zero-order valence-corrected chi connectivity index (χ0v) is 20.6. The lowest BCUT2D eigenvalue weighted by molar-refractivity contribution is -0.0349. The summed E-state index contributed by atoms with van der Waals surface area (Å²) in [7, 11) is 1.73. The first-order valence-electron chi connectivity index (χ1n) is 12.9. The Morgan fingerprint density at radius 2 is 1.79 bits per heavy atom. The summed E-state index contributed by atoms with van der Waals surface area (Å²) >= 11 is 0. The fraction of sp³-hybridized carbons (Fsp3) is 0.552. The number of ether oxygens (including phenoxy) is 2. The number of fused-ring (bicyclic) bond motifs is 4. The Morgan fingerprint density at radius 3 is 2.41 bits per heavy atom. The predicted molar refractivity (Wildman–Crippen MR) is 133 cm³/mol. The molecule has 2 bridgehead atoms. The van der Waals surface area contributed by atoms with Crippen molar-refractivity contribution < 1.29 is 14.3 Å². The van der Waals surface area contributed by atoms with Gasteiger partial charge in [0, 0.05) is 12.1 Å². The quantitative estimate of drug-likeness (QED) is 0.623. The molecule has 1 unspecified atom stereocenters. The van der Waals surface area contributed by atoms with E-state index in [1.165, 1.54) is 29.5 Å². The molecule has 1 amide bonds. The first-order valence-corrected chi connectivity index (χ1v) is 12.9. The molecule has 2 aromatic rings. The number of nitrogens with one attached hydrogen (secondary N) is 1. The number of methoxy groups -OCH3 is 1. The number of piperidine rings is 3. The molecule has 3 heterocycles. The number of benzene rings is 2. The summed E-state index contributed by atoms with van der Waals surface area (Å²) in [4.78, 5) is 15.4. The third-order valence-corrected chi connectivity index (χ3v) is 8.59. The second kappa shape index (κ2) is 8.30. The van der Waals surface area contributed by atoms with Crippen LogP contribution in [0.1, 0.15) is 68.2 Å². The van der Waals surface area contributed by atoms with Gasteiger partial charge >= 0.3 is 6.09 Å². The van der Waals surface area contributed by atoms with E-state index in [4.69, 9.17) is 9.47 Å². The molecule has 1 N–H and O–H groups in total. The zero-order valence-electron chi connectivity index (χ0n) is 20.6. The first kappa shape index (κ1) is 22.0. The fourth-order valence-electron chi connectivity index (χ4n) is 6.43. The standard InChI is InChI=1S/C29H36N2O3/c1-29(2)16-22-14-23(20-8-6-19(7-9-20)18-4-5-18)25(33-3)15-24(22)27(29)30-28(32)34-26-17-31-12-10-21(26)11-13-31/h6-9,14-15,18,21,26-27H,4-5,10-13,16-17H2,1-3H3,(H,30,32)/t26-,27?/m1/s1. The van der Waals surface area contributed by atoms with Crippen molar-refractivity contribution in [3.63, 3.8) is 0 Å². The smallest absolute Gasteiger partial charge is 0.407 e. The molecule has 2 atom stereocenters. The number of alkyl carbamates (subject to hydrolysis) is 1. The van der Waals surface area contributed by atoms with Crippen LogP contribution in [0, 0.1) is 11.3 Å². The van der Waals surface area contributed by atoms with E-state index in [1.54, 1.807) is 7.11 Å². The highest BCUT2D eigenvalue weighted by Gasteiger charge is 2.42. The molecule has 2 aliphatic carbocycles. The lowest BCUT2D eigenvalue weighted by Gasteiger charge is -2.44. The van der Waals surface area contributed by atoms with Crippen LogP contribution >= 0.6 is 0 Å². The highest BCUT2D eigenvalue weighted by Crippen LogP contribution is 2.49. The van der Waals surface area contributed by atoms with Crippen molar-refractivity contribution in [2.75, 3.05) is 26.7 Å².